The molecule has 0 radical (unpaired) electrons. The van der Waals surface area contributed by atoms with E-state index < -0.39 is 13.4 Å². The van der Waals surface area contributed by atoms with Crippen molar-refractivity contribution in [1.29, 1.82) is 0 Å². The molecule has 0 aromatic heterocycles. The van der Waals surface area contributed by atoms with E-state index in [0.29, 0.717) is 0 Å². The molecule has 0 atom stereocenters. The molecule has 0 saturated heterocycles. The lowest BCUT2D eigenvalue weighted by Gasteiger charge is -2.27. The van der Waals surface area contributed by atoms with E-state index >= 15 is 0 Å². The number of carboxylic acid groups (broad SMARTS) is 2. The van der Waals surface area contributed by atoms with E-state index in [1.165, 1.54) is 47.8 Å². The maximum absolute atomic E-state index is 8.56. The van der Waals surface area contributed by atoms with Gasteiger partial charge in [0.1, 0.15) is 23.2 Å². The summed E-state index contributed by atoms with van der Waals surface area (Å²) in [5.74, 6) is 0. The van der Waals surface area contributed by atoms with Gasteiger partial charge in [-0.3, -0.25) is 0 Å². The first-order chi connectivity index (χ1) is 14.1. The maximum atomic E-state index is 8.56. The van der Waals surface area contributed by atoms with Gasteiger partial charge in [-0.05, 0) is 49.2 Å². The summed E-state index contributed by atoms with van der Waals surface area (Å²) < 4.78 is 0. The third-order valence-corrected chi connectivity index (χ3v) is 9.46. The van der Waals surface area contributed by atoms with Crippen molar-refractivity contribution in [2.75, 3.05) is 6.16 Å². The lowest BCUT2D eigenvalue weighted by atomic mass is 10.2. The molecule has 3 aromatic carbocycles. The topological polar surface area (TPSA) is 57.5 Å². The fourth-order valence-corrected chi connectivity index (χ4v) is 8.07. The highest BCUT2D eigenvalue weighted by Gasteiger charge is 2.44. The molecule has 2 N–H and O–H groups in total. The van der Waals surface area contributed by atoms with Crippen LogP contribution in [-0.4, -0.2) is 22.5 Å². The van der Waals surface area contributed by atoms with Crippen molar-refractivity contribution in [3.63, 3.8) is 0 Å². The lowest BCUT2D eigenvalue weighted by molar-refractivity contribution is 0.137. The van der Waals surface area contributed by atoms with Crippen molar-refractivity contribution < 1.29 is 15.0 Å². The van der Waals surface area contributed by atoms with Crippen LogP contribution in [0.25, 0.3) is 0 Å². The summed E-state index contributed by atoms with van der Waals surface area (Å²) in [6, 6.07) is 33.6. The van der Waals surface area contributed by atoms with Crippen LogP contribution in [0.3, 0.4) is 0 Å². The summed E-state index contributed by atoms with van der Waals surface area (Å²) in [4.78, 5) is 8.56. The Labute approximate surface area is 174 Å². The van der Waals surface area contributed by atoms with Gasteiger partial charge in [0.05, 0.1) is 6.16 Å². The molecule has 0 heterocycles. The highest BCUT2D eigenvalue weighted by atomic mass is 31.2. The van der Waals surface area contributed by atoms with E-state index in [9.17, 15) is 0 Å². The second kappa shape index (κ2) is 12.0. The third kappa shape index (κ3) is 6.44. The van der Waals surface area contributed by atoms with Gasteiger partial charge in [-0.2, -0.15) is 0 Å². The molecule has 0 saturated carbocycles. The van der Waals surface area contributed by atoms with Crippen molar-refractivity contribution in [3.05, 3.63) is 91.0 Å². The summed E-state index contributed by atoms with van der Waals surface area (Å²) in [6.07, 6.45) is 4.65. The Morgan fingerprint density at radius 1 is 0.655 bits per heavy atom. The van der Waals surface area contributed by atoms with Gasteiger partial charge in [0.15, 0.2) is 0 Å². The Morgan fingerprint density at radius 2 is 1.00 bits per heavy atom. The van der Waals surface area contributed by atoms with E-state index in [1.54, 1.807) is 0 Å². The molecule has 0 aliphatic rings. The summed E-state index contributed by atoms with van der Waals surface area (Å²) in [7, 11) is -1.59. The molecule has 0 unspecified atom stereocenters. The Balaban J connectivity index is 0.000000687. The highest BCUT2D eigenvalue weighted by Crippen LogP contribution is 2.55. The summed E-state index contributed by atoms with van der Waals surface area (Å²) in [5, 5.41) is 18.5. The standard InChI is InChI=1S/C24H28P.CH2O3/c1-2-3-4-14-21-25(22-15-8-5-9-16-22,23-17-10-6-11-18-23)24-19-12-7-13-20-24;2-1(3)4/h5-13,15-20H,2-4,14,21H2,1H3;(H2,2,3,4)/q+1;. The monoisotopic (exact) mass is 409 g/mol. The van der Waals surface area contributed by atoms with E-state index in [1.807, 2.05) is 0 Å². The smallest absolute Gasteiger partial charge is 0.450 e. The number of hydrogen-bond donors (Lipinski definition) is 2. The Morgan fingerprint density at radius 3 is 1.31 bits per heavy atom. The van der Waals surface area contributed by atoms with Crippen molar-refractivity contribution in [2.24, 2.45) is 0 Å². The van der Waals surface area contributed by atoms with Crippen LogP contribution in [0.5, 0.6) is 0 Å². The van der Waals surface area contributed by atoms with E-state index in [-0.39, 0.29) is 0 Å². The molecule has 3 rings (SSSR count). The first-order valence-electron chi connectivity index (χ1n) is 10.1. The summed E-state index contributed by atoms with van der Waals surface area (Å²) >= 11 is 0. The SMILES string of the molecule is CCCCCC[P+](c1ccccc1)(c1ccccc1)c1ccccc1.O=C(O)O. The number of carbonyl (C=O) groups is 1. The zero-order valence-electron chi connectivity index (χ0n) is 16.9. The van der Waals surface area contributed by atoms with Crippen LogP contribution in [-0.2, 0) is 0 Å². The van der Waals surface area contributed by atoms with Crippen molar-refractivity contribution in [1.82, 2.24) is 0 Å². The van der Waals surface area contributed by atoms with Gasteiger partial charge in [-0.25, -0.2) is 4.79 Å². The molecule has 0 amide bonds. The molecule has 3 aromatic rings. The number of unbranched alkanes of at least 4 members (excludes halogenated alkanes) is 3. The minimum absolute atomic E-state index is 1.25. The van der Waals surface area contributed by atoms with Gasteiger partial charge in [0, 0.05) is 0 Å². The average molecular weight is 409 g/mol. The predicted octanol–water partition coefficient (Wildman–Crippen LogP) is 5.78. The zero-order valence-corrected chi connectivity index (χ0v) is 17.8. The Kier molecular flexibility index (Phi) is 9.40. The van der Waals surface area contributed by atoms with Crippen LogP contribution in [0.1, 0.15) is 32.6 Å². The third-order valence-electron chi connectivity index (χ3n) is 4.94. The van der Waals surface area contributed by atoms with Crippen LogP contribution in [0.2, 0.25) is 0 Å². The summed E-state index contributed by atoms with van der Waals surface area (Å²) in [5.41, 5.74) is 0. The average Bonchev–Trinajstić information content (AvgIpc) is 2.76. The first-order valence-corrected chi connectivity index (χ1v) is 12.1. The lowest BCUT2D eigenvalue weighted by Crippen LogP contribution is -2.33. The fraction of sp³-hybridized carbons (Fsp3) is 0.240. The highest BCUT2D eigenvalue weighted by molar-refractivity contribution is 7.95. The van der Waals surface area contributed by atoms with E-state index in [0.717, 1.165) is 0 Å². The molecule has 0 aliphatic heterocycles. The van der Waals surface area contributed by atoms with Crippen molar-refractivity contribution in [2.45, 2.75) is 32.6 Å². The molecular weight excluding hydrogens is 379 g/mol. The first kappa shape index (κ1) is 22.6. The second-order valence-electron chi connectivity index (χ2n) is 6.88. The quantitative estimate of drug-likeness (QED) is 0.366. The normalized spacial score (nSPS) is 10.7. The van der Waals surface area contributed by atoms with Gasteiger partial charge < -0.3 is 10.2 Å². The zero-order chi connectivity index (χ0) is 21.0. The second-order valence-corrected chi connectivity index (χ2v) is 10.5. The van der Waals surface area contributed by atoms with Crippen LogP contribution in [0, 0.1) is 0 Å². The molecule has 0 spiro atoms. The minimum Gasteiger partial charge on any atom is -0.450 e. The van der Waals surface area contributed by atoms with Gasteiger partial charge in [0.2, 0.25) is 0 Å². The fourth-order valence-electron chi connectivity index (χ4n) is 3.66. The van der Waals surface area contributed by atoms with Gasteiger partial charge in [-0.15, -0.1) is 0 Å². The minimum atomic E-state index is -1.83. The van der Waals surface area contributed by atoms with Gasteiger partial charge in [-0.1, -0.05) is 74.4 Å². The molecule has 152 valence electrons. The van der Waals surface area contributed by atoms with Crippen molar-refractivity contribution in [3.8, 4) is 0 Å². The number of hydrogen-bond acceptors (Lipinski definition) is 1. The van der Waals surface area contributed by atoms with E-state index in [2.05, 4.69) is 97.9 Å². The molecular formula is C25H30O3P+. The largest absolute Gasteiger partial charge is 0.503 e. The molecule has 3 nitrogen and oxygen atoms in total. The Hall–Kier alpha value is -2.64. The van der Waals surface area contributed by atoms with Crippen LogP contribution in [0.15, 0.2) is 91.0 Å². The molecule has 0 bridgehead atoms. The van der Waals surface area contributed by atoms with Crippen molar-refractivity contribution >= 4 is 29.3 Å². The number of benzene rings is 3. The summed E-state index contributed by atoms with van der Waals surface area (Å²) in [6.45, 7) is 2.29. The molecule has 0 aliphatic carbocycles. The molecule has 29 heavy (non-hydrogen) atoms. The van der Waals surface area contributed by atoms with Gasteiger partial charge >= 0.3 is 6.16 Å². The molecule has 4 heteroatoms. The van der Waals surface area contributed by atoms with Crippen LogP contribution < -0.4 is 15.9 Å². The van der Waals surface area contributed by atoms with E-state index in [4.69, 9.17) is 15.0 Å². The number of rotatable bonds is 8. The van der Waals surface area contributed by atoms with Crippen LogP contribution in [0.4, 0.5) is 4.79 Å². The maximum Gasteiger partial charge on any atom is 0.503 e. The van der Waals surface area contributed by atoms with Crippen LogP contribution >= 0.6 is 7.26 Å². The molecule has 0 fully saturated rings. The predicted molar refractivity (Wildman–Crippen MR) is 125 cm³/mol. The van der Waals surface area contributed by atoms with Gasteiger partial charge in [0.25, 0.3) is 0 Å². The Bertz CT molecular complexity index is 735.